The number of hydrogen-bond donors (Lipinski definition) is 1. The minimum Gasteiger partial charge on any atom is -0.458 e. The van der Waals surface area contributed by atoms with Crippen LogP contribution in [0.1, 0.15) is 44.0 Å². The molecule has 2 aromatic rings. The third-order valence-electron chi connectivity index (χ3n) is 5.31. The quantitative estimate of drug-likeness (QED) is 0.933. The Balaban J connectivity index is 1.48. The number of aliphatic hydroxyl groups is 1. The number of rotatable bonds is 3. The molecule has 1 saturated heterocycles. The average molecular weight is 285 g/mol. The van der Waals surface area contributed by atoms with E-state index in [0.717, 1.165) is 23.4 Å². The Kier molecular flexibility index (Phi) is 3.48. The molecule has 2 aliphatic rings. The predicted molar refractivity (Wildman–Crippen MR) is 83.1 cm³/mol. The van der Waals surface area contributed by atoms with E-state index in [-0.39, 0.29) is 0 Å². The molecule has 0 amide bonds. The van der Waals surface area contributed by atoms with E-state index in [2.05, 4.69) is 4.90 Å². The highest BCUT2D eigenvalue weighted by Crippen LogP contribution is 2.37. The molecule has 1 aromatic carbocycles. The van der Waals surface area contributed by atoms with Crippen LogP contribution < -0.4 is 0 Å². The van der Waals surface area contributed by atoms with Crippen LogP contribution in [0.3, 0.4) is 0 Å². The molecule has 0 bridgehead atoms. The van der Waals surface area contributed by atoms with Crippen LogP contribution in [0, 0.1) is 5.92 Å². The molecule has 1 saturated carbocycles. The number of fused-ring (bicyclic) bond motifs is 2. The van der Waals surface area contributed by atoms with E-state index < -0.39 is 6.10 Å². The summed E-state index contributed by atoms with van der Waals surface area (Å²) >= 11 is 0. The maximum Gasteiger partial charge on any atom is 0.135 e. The van der Waals surface area contributed by atoms with Crippen LogP contribution in [0.2, 0.25) is 0 Å². The Morgan fingerprint density at radius 2 is 2.05 bits per heavy atom. The lowest BCUT2D eigenvalue weighted by atomic mass is 9.85. The molecule has 3 nitrogen and oxygen atoms in total. The number of β-amino-alcohol motifs (C(OH)–C–C–N with tert-alkyl or cyclic N) is 1. The van der Waals surface area contributed by atoms with E-state index in [9.17, 15) is 5.11 Å². The molecule has 3 atom stereocenters. The summed E-state index contributed by atoms with van der Waals surface area (Å²) in [6.07, 6.45) is 6.20. The van der Waals surface area contributed by atoms with Crippen molar-refractivity contribution in [2.75, 3.05) is 13.1 Å². The summed E-state index contributed by atoms with van der Waals surface area (Å²) in [5.74, 6) is 1.57. The van der Waals surface area contributed by atoms with Crippen molar-refractivity contribution < 1.29 is 9.52 Å². The van der Waals surface area contributed by atoms with Gasteiger partial charge in [-0.2, -0.15) is 0 Å². The fourth-order valence-corrected chi connectivity index (χ4v) is 4.21. The van der Waals surface area contributed by atoms with Gasteiger partial charge in [0.05, 0.1) is 0 Å². The van der Waals surface area contributed by atoms with E-state index in [1.165, 1.54) is 32.1 Å². The third kappa shape index (κ3) is 2.49. The second kappa shape index (κ2) is 5.47. The van der Waals surface area contributed by atoms with Crippen molar-refractivity contribution in [2.45, 2.75) is 44.2 Å². The standard InChI is InChI=1S/C18H23NO2/c20-16(18-11-14-6-2-4-8-17(14)21-18)12-19-10-9-13-5-1-3-7-15(13)19/h2,4,6,8,11,13,15-16,20H,1,3,5,7,9-10,12H2. The highest BCUT2D eigenvalue weighted by atomic mass is 16.4. The molecule has 112 valence electrons. The zero-order chi connectivity index (χ0) is 14.2. The SMILES string of the molecule is OC(CN1CCC2CCCCC21)c1cc2ccccc2o1. The highest BCUT2D eigenvalue weighted by Gasteiger charge is 2.36. The lowest BCUT2D eigenvalue weighted by Gasteiger charge is -2.32. The van der Waals surface area contributed by atoms with Crippen molar-refractivity contribution in [3.8, 4) is 0 Å². The van der Waals surface area contributed by atoms with Gasteiger partial charge in [-0.25, -0.2) is 0 Å². The molecule has 0 spiro atoms. The van der Waals surface area contributed by atoms with Gasteiger partial charge in [-0.15, -0.1) is 0 Å². The summed E-state index contributed by atoms with van der Waals surface area (Å²) < 4.78 is 5.80. The summed E-state index contributed by atoms with van der Waals surface area (Å²) in [4.78, 5) is 2.49. The Morgan fingerprint density at radius 3 is 2.95 bits per heavy atom. The van der Waals surface area contributed by atoms with Crippen LogP contribution in [0.4, 0.5) is 0 Å². The van der Waals surface area contributed by atoms with Gasteiger partial charge in [-0.05, 0) is 43.9 Å². The number of nitrogens with zero attached hydrogens (tertiary/aromatic N) is 1. The van der Waals surface area contributed by atoms with Crippen molar-refractivity contribution in [3.05, 3.63) is 36.1 Å². The Morgan fingerprint density at radius 1 is 1.19 bits per heavy atom. The lowest BCUT2D eigenvalue weighted by Crippen LogP contribution is -2.37. The first-order chi connectivity index (χ1) is 10.3. The molecular weight excluding hydrogens is 262 g/mol. The minimum atomic E-state index is -0.516. The molecule has 2 fully saturated rings. The number of furan rings is 1. The molecule has 1 aliphatic heterocycles. The van der Waals surface area contributed by atoms with E-state index in [4.69, 9.17) is 4.42 Å². The topological polar surface area (TPSA) is 36.6 Å². The normalized spacial score (nSPS) is 27.9. The largest absolute Gasteiger partial charge is 0.458 e. The molecule has 2 heterocycles. The maximum absolute atomic E-state index is 10.5. The molecule has 21 heavy (non-hydrogen) atoms. The van der Waals surface area contributed by atoms with E-state index in [0.29, 0.717) is 18.3 Å². The lowest BCUT2D eigenvalue weighted by molar-refractivity contribution is 0.0763. The first kappa shape index (κ1) is 13.4. The summed E-state index contributed by atoms with van der Waals surface area (Å²) in [5.41, 5.74) is 0.864. The highest BCUT2D eigenvalue weighted by molar-refractivity contribution is 5.77. The second-order valence-corrected chi connectivity index (χ2v) is 6.60. The van der Waals surface area contributed by atoms with Crippen LogP contribution >= 0.6 is 0 Å². The monoisotopic (exact) mass is 285 g/mol. The van der Waals surface area contributed by atoms with Crippen LogP contribution in [0.5, 0.6) is 0 Å². The molecule has 4 rings (SSSR count). The Bertz CT molecular complexity index is 587. The molecule has 3 unspecified atom stereocenters. The first-order valence-corrected chi connectivity index (χ1v) is 8.22. The van der Waals surface area contributed by atoms with Crippen molar-refractivity contribution in [3.63, 3.8) is 0 Å². The minimum absolute atomic E-state index is 0.516. The summed E-state index contributed by atoms with van der Waals surface area (Å²) in [6.45, 7) is 1.84. The average Bonchev–Trinajstić information content (AvgIpc) is 3.11. The van der Waals surface area contributed by atoms with Crippen molar-refractivity contribution in [1.82, 2.24) is 4.90 Å². The molecule has 1 aliphatic carbocycles. The van der Waals surface area contributed by atoms with Crippen LogP contribution in [0.25, 0.3) is 11.0 Å². The number of para-hydroxylation sites is 1. The summed E-state index contributed by atoms with van der Waals surface area (Å²) in [7, 11) is 0. The van der Waals surface area contributed by atoms with Gasteiger partial charge in [-0.3, -0.25) is 4.90 Å². The molecular formula is C18H23NO2. The molecule has 1 aromatic heterocycles. The summed E-state index contributed by atoms with van der Waals surface area (Å²) in [5, 5.41) is 11.6. The van der Waals surface area contributed by atoms with Gasteiger partial charge in [0, 0.05) is 18.0 Å². The number of hydrogen-bond acceptors (Lipinski definition) is 3. The van der Waals surface area contributed by atoms with Crippen LogP contribution in [0.15, 0.2) is 34.7 Å². The Labute approximate surface area is 125 Å². The number of likely N-dealkylation sites (tertiary alicyclic amines) is 1. The van der Waals surface area contributed by atoms with E-state index in [1.807, 2.05) is 30.3 Å². The smallest absolute Gasteiger partial charge is 0.135 e. The molecule has 1 N–H and O–H groups in total. The van der Waals surface area contributed by atoms with Gasteiger partial charge in [0.25, 0.3) is 0 Å². The fraction of sp³-hybridized carbons (Fsp3) is 0.556. The van der Waals surface area contributed by atoms with E-state index >= 15 is 0 Å². The van der Waals surface area contributed by atoms with Gasteiger partial charge in [-0.1, -0.05) is 31.0 Å². The van der Waals surface area contributed by atoms with Crippen molar-refractivity contribution in [1.29, 1.82) is 0 Å². The zero-order valence-electron chi connectivity index (χ0n) is 12.4. The van der Waals surface area contributed by atoms with Crippen molar-refractivity contribution in [2.24, 2.45) is 5.92 Å². The Hall–Kier alpha value is -1.32. The predicted octanol–water partition coefficient (Wildman–Crippen LogP) is 3.73. The molecule has 3 heteroatoms. The third-order valence-corrected chi connectivity index (χ3v) is 5.31. The van der Waals surface area contributed by atoms with Crippen LogP contribution in [-0.4, -0.2) is 29.1 Å². The van der Waals surface area contributed by atoms with Gasteiger partial charge in [0.2, 0.25) is 0 Å². The van der Waals surface area contributed by atoms with Crippen LogP contribution in [-0.2, 0) is 0 Å². The fourth-order valence-electron chi connectivity index (χ4n) is 4.21. The number of benzene rings is 1. The zero-order valence-corrected chi connectivity index (χ0v) is 12.4. The van der Waals surface area contributed by atoms with Crippen molar-refractivity contribution >= 4 is 11.0 Å². The summed E-state index contributed by atoms with van der Waals surface area (Å²) in [6, 6.07) is 10.6. The van der Waals surface area contributed by atoms with Gasteiger partial charge in [0.15, 0.2) is 0 Å². The van der Waals surface area contributed by atoms with Gasteiger partial charge in [0.1, 0.15) is 17.4 Å². The molecule has 0 radical (unpaired) electrons. The van der Waals surface area contributed by atoms with Gasteiger partial charge >= 0.3 is 0 Å². The number of aliphatic hydroxyl groups excluding tert-OH is 1. The van der Waals surface area contributed by atoms with E-state index in [1.54, 1.807) is 0 Å². The maximum atomic E-state index is 10.5. The van der Waals surface area contributed by atoms with Gasteiger partial charge < -0.3 is 9.52 Å². The first-order valence-electron chi connectivity index (χ1n) is 8.22. The second-order valence-electron chi connectivity index (χ2n) is 6.60.